The number of phenolic OH excluding ortho intramolecular Hbond substituents is 1. The molecule has 1 aliphatic rings. The number of halogens is 2. The van der Waals surface area contributed by atoms with Crippen LogP contribution in [-0.2, 0) is 0 Å². The van der Waals surface area contributed by atoms with Crippen LogP contribution in [0.3, 0.4) is 0 Å². The number of hydrogen-bond donors (Lipinski definition) is 3. The molecular formula is C13H19ClFNO2. The normalized spacial score (nSPS) is 19.3. The third-order valence-corrected chi connectivity index (χ3v) is 3.60. The second-order valence-corrected chi connectivity index (χ2v) is 4.76. The van der Waals surface area contributed by atoms with Crippen LogP contribution in [0.4, 0.5) is 4.39 Å². The summed E-state index contributed by atoms with van der Waals surface area (Å²) in [7, 11) is 0. The van der Waals surface area contributed by atoms with E-state index in [1.807, 2.05) is 0 Å². The minimum absolute atomic E-state index is 0. The summed E-state index contributed by atoms with van der Waals surface area (Å²) in [5, 5.41) is 19.8. The zero-order chi connectivity index (χ0) is 12.4. The number of phenols is 1. The maximum absolute atomic E-state index is 13.1. The fraction of sp³-hybridized carbons (Fsp3) is 0.538. The van der Waals surface area contributed by atoms with Gasteiger partial charge in [-0.25, -0.2) is 4.39 Å². The molecule has 3 nitrogen and oxygen atoms in total. The zero-order valence-corrected chi connectivity index (χ0v) is 10.9. The molecule has 0 aliphatic heterocycles. The van der Waals surface area contributed by atoms with E-state index in [0.717, 1.165) is 25.7 Å². The molecule has 1 aliphatic carbocycles. The van der Waals surface area contributed by atoms with E-state index in [4.69, 9.17) is 5.73 Å². The Balaban J connectivity index is 0.00000162. The van der Waals surface area contributed by atoms with Crippen LogP contribution in [0.15, 0.2) is 18.2 Å². The Morgan fingerprint density at radius 3 is 2.50 bits per heavy atom. The van der Waals surface area contributed by atoms with Gasteiger partial charge in [0.15, 0.2) is 0 Å². The van der Waals surface area contributed by atoms with Crippen molar-refractivity contribution in [3.05, 3.63) is 29.6 Å². The van der Waals surface area contributed by atoms with E-state index in [9.17, 15) is 14.6 Å². The van der Waals surface area contributed by atoms with E-state index >= 15 is 0 Å². The molecule has 1 aromatic carbocycles. The molecule has 102 valence electrons. The smallest absolute Gasteiger partial charge is 0.123 e. The van der Waals surface area contributed by atoms with Crippen LogP contribution in [0.2, 0.25) is 0 Å². The van der Waals surface area contributed by atoms with Crippen molar-refractivity contribution in [2.75, 3.05) is 0 Å². The number of aromatic hydroxyl groups is 1. The van der Waals surface area contributed by atoms with E-state index in [1.54, 1.807) is 0 Å². The molecule has 5 heteroatoms. The summed E-state index contributed by atoms with van der Waals surface area (Å²) in [5.74, 6) is -0.351. The first kappa shape index (κ1) is 15.2. The highest BCUT2D eigenvalue weighted by molar-refractivity contribution is 5.85. The van der Waals surface area contributed by atoms with Gasteiger partial charge in [0.05, 0.1) is 12.1 Å². The lowest BCUT2D eigenvalue weighted by atomic mass is 9.90. The van der Waals surface area contributed by atoms with E-state index in [1.165, 1.54) is 18.2 Å². The van der Waals surface area contributed by atoms with Crippen molar-refractivity contribution in [2.45, 2.75) is 37.8 Å². The Labute approximate surface area is 112 Å². The van der Waals surface area contributed by atoms with Crippen molar-refractivity contribution in [3.8, 4) is 5.75 Å². The van der Waals surface area contributed by atoms with Crippen molar-refractivity contribution in [1.29, 1.82) is 0 Å². The SMILES string of the molecule is Cl.N[C@@H](c1cc(F)ccc1O)[C@H](O)C1CCCC1. The molecule has 0 radical (unpaired) electrons. The number of hydrogen-bond acceptors (Lipinski definition) is 3. The van der Waals surface area contributed by atoms with Gasteiger partial charge in [-0.05, 0) is 37.0 Å². The molecule has 2 atom stereocenters. The second-order valence-electron chi connectivity index (χ2n) is 4.76. The summed E-state index contributed by atoms with van der Waals surface area (Å²) < 4.78 is 13.1. The van der Waals surface area contributed by atoms with Gasteiger partial charge < -0.3 is 15.9 Å². The monoisotopic (exact) mass is 275 g/mol. The largest absolute Gasteiger partial charge is 0.508 e. The van der Waals surface area contributed by atoms with Crippen molar-refractivity contribution < 1.29 is 14.6 Å². The van der Waals surface area contributed by atoms with Gasteiger partial charge in [0, 0.05) is 5.56 Å². The van der Waals surface area contributed by atoms with Crippen LogP contribution < -0.4 is 5.73 Å². The van der Waals surface area contributed by atoms with Gasteiger partial charge in [0.1, 0.15) is 11.6 Å². The first-order chi connectivity index (χ1) is 8.09. The topological polar surface area (TPSA) is 66.5 Å². The third-order valence-electron chi connectivity index (χ3n) is 3.60. The molecule has 4 N–H and O–H groups in total. The predicted octanol–water partition coefficient (Wildman–Crippen LogP) is 2.50. The number of aliphatic hydroxyl groups is 1. The summed E-state index contributed by atoms with van der Waals surface area (Å²) in [5.41, 5.74) is 6.19. The van der Waals surface area contributed by atoms with Crippen LogP contribution in [0.25, 0.3) is 0 Å². The highest BCUT2D eigenvalue weighted by atomic mass is 35.5. The van der Waals surface area contributed by atoms with Crippen LogP contribution in [0.1, 0.15) is 37.3 Å². The van der Waals surface area contributed by atoms with Gasteiger partial charge in [0.2, 0.25) is 0 Å². The van der Waals surface area contributed by atoms with Gasteiger partial charge in [-0.15, -0.1) is 12.4 Å². The fourth-order valence-electron chi connectivity index (χ4n) is 2.57. The standard InChI is InChI=1S/C13H18FNO2.ClH/c14-9-5-6-11(16)10(7-9)12(15)13(17)8-3-1-2-4-8;/h5-8,12-13,16-17H,1-4,15H2;1H/t12-,13+;/m0./s1. The number of rotatable bonds is 3. The molecule has 1 saturated carbocycles. The quantitative estimate of drug-likeness (QED) is 0.794. The van der Waals surface area contributed by atoms with E-state index in [0.29, 0.717) is 0 Å². The lowest BCUT2D eigenvalue weighted by molar-refractivity contribution is 0.0835. The first-order valence-corrected chi connectivity index (χ1v) is 6.01. The highest BCUT2D eigenvalue weighted by Gasteiger charge is 2.30. The number of nitrogens with two attached hydrogens (primary N) is 1. The molecular weight excluding hydrogens is 257 g/mol. The number of benzene rings is 1. The first-order valence-electron chi connectivity index (χ1n) is 6.01. The Morgan fingerprint density at radius 2 is 1.89 bits per heavy atom. The molecule has 2 rings (SSSR count). The van der Waals surface area contributed by atoms with Gasteiger partial charge in [0.25, 0.3) is 0 Å². The molecule has 18 heavy (non-hydrogen) atoms. The molecule has 1 aromatic rings. The van der Waals surface area contributed by atoms with Crippen LogP contribution in [-0.4, -0.2) is 16.3 Å². The van der Waals surface area contributed by atoms with Crippen molar-refractivity contribution in [3.63, 3.8) is 0 Å². The summed E-state index contributed by atoms with van der Waals surface area (Å²) in [6, 6.07) is 2.91. The lowest BCUT2D eigenvalue weighted by Gasteiger charge is -2.25. The molecule has 0 heterocycles. The van der Waals surface area contributed by atoms with E-state index < -0.39 is 18.0 Å². The Bertz CT molecular complexity index is 397. The van der Waals surface area contributed by atoms with Crippen LogP contribution in [0.5, 0.6) is 5.75 Å². The predicted molar refractivity (Wildman–Crippen MR) is 70.2 cm³/mol. The Hall–Kier alpha value is -0.840. The summed E-state index contributed by atoms with van der Waals surface area (Å²) in [4.78, 5) is 0. The third kappa shape index (κ3) is 3.13. The molecule has 0 amide bonds. The van der Waals surface area contributed by atoms with Gasteiger partial charge >= 0.3 is 0 Å². The van der Waals surface area contributed by atoms with Gasteiger partial charge in [-0.3, -0.25) is 0 Å². The Kier molecular flexibility index (Phi) is 5.38. The van der Waals surface area contributed by atoms with Crippen LogP contribution >= 0.6 is 12.4 Å². The fourth-order valence-corrected chi connectivity index (χ4v) is 2.57. The molecule has 0 spiro atoms. The Morgan fingerprint density at radius 1 is 1.28 bits per heavy atom. The molecule has 1 fully saturated rings. The average Bonchev–Trinajstić information content (AvgIpc) is 2.84. The average molecular weight is 276 g/mol. The minimum Gasteiger partial charge on any atom is -0.508 e. The zero-order valence-electron chi connectivity index (χ0n) is 10.1. The van der Waals surface area contributed by atoms with Crippen molar-refractivity contribution >= 4 is 12.4 Å². The molecule has 0 unspecified atom stereocenters. The van der Waals surface area contributed by atoms with Crippen LogP contribution in [0, 0.1) is 11.7 Å². The summed E-state index contributed by atoms with van der Waals surface area (Å²) in [6.07, 6.45) is 3.38. The second kappa shape index (κ2) is 6.36. The van der Waals surface area contributed by atoms with Gasteiger partial charge in [-0.2, -0.15) is 0 Å². The van der Waals surface area contributed by atoms with Gasteiger partial charge in [-0.1, -0.05) is 12.8 Å². The lowest BCUT2D eigenvalue weighted by Crippen LogP contribution is -2.32. The maximum Gasteiger partial charge on any atom is 0.123 e. The summed E-state index contributed by atoms with van der Waals surface area (Å²) >= 11 is 0. The highest BCUT2D eigenvalue weighted by Crippen LogP contribution is 2.34. The molecule has 0 bridgehead atoms. The van der Waals surface area contributed by atoms with E-state index in [-0.39, 0.29) is 29.6 Å². The molecule has 0 saturated heterocycles. The van der Waals surface area contributed by atoms with E-state index in [2.05, 4.69) is 0 Å². The minimum atomic E-state index is -0.728. The number of aliphatic hydroxyl groups excluding tert-OH is 1. The summed E-state index contributed by atoms with van der Waals surface area (Å²) in [6.45, 7) is 0. The van der Waals surface area contributed by atoms with Crippen molar-refractivity contribution in [1.82, 2.24) is 0 Å². The maximum atomic E-state index is 13.1. The van der Waals surface area contributed by atoms with Crippen molar-refractivity contribution in [2.24, 2.45) is 11.7 Å². The molecule has 0 aromatic heterocycles.